The Kier molecular flexibility index (Phi) is 27.3. The molecule has 1 saturated heterocycles. The van der Waals surface area contributed by atoms with Crippen molar-refractivity contribution >= 4 is 98.1 Å². The molecule has 2 aromatic carbocycles. The minimum Gasteiger partial charge on any atom is -0.481 e. The van der Waals surface area contributed by atoms with E-state index in [2.05, 4.69) is 48.0 Å². The van der Waals surface area contributed by atoms with Crippen LogP contribution in [0.4, 0.5) is 0 Å². The summed E-state index contributed by atoms with van der Waals surface area (Å²) in [6.07, 6.45) is 14.9. The molecule has 22 nitrogen and oxygen atoms in total. The number of carboxylic acids is 1. The van der Waals surface area contributed by atoms with E-state index in [9.17, 15) is 56.7 Å². The third kappa shape index (κ3) is 22.4. The molecule has 0 unspecified atom stereocenters. The van der Waals surface area contributed by atoms with Crippen LogP contribution in [0.3, 0.4) is 0 Å². The van der Waals surface area contributed by atoms with E-state index < -0.39 is 107 Å². The molecule has 77 heavy (non-hydrogen) atoms. The Morgan fingerprint density at radius 1 is 0.675 bits per heavy atom. The summed E-state index contributed by atoms with van der Waals surface area (Å²) < 4.78 is 35.9. The molecular weight excluding hydrogens is 1060 g/mol. The number of imide groups is 1. The van der Waals surface area contributed by atoms with Crippen molar-refractivity contribution in [3.63, 3.8) is 0 Å². The summed E-state index contributed by atoms with van der Waals surface area (Å²) in [7, 11) is -4.83. The lowest BCUT2D eigenvalue weighted by atomic mass is 10.0. The van der Waals surface area contributed by atoms with Crippen LogP contribution in [0.5, 0.6) is 5.75 Å². The molecule has 2 heterocycles. The van der Waals surface area contributed by atoms with Crippen molar-refractivity contribution in [3.8, 4) is 5.75 Å². The number of likely N-dealkylation sites (tertiary alicyclic amines) is 1. The number of para-hydroxylation sites is 1. The molecule has 1 fully saturated rings. The van der Waals surface area contributed by atoms with Gasteiger partial charge in [0.25, 0.3) is 0 Å². The predicted octanol–water partition coefficient (Wildman–Crippen LogP) is 3.73. The van der Waals surface area contributed by atoms with Crippen LogP contribution in [0.15, 0.2) is 54.7 Å². The number of H-pyrrole nitrogens is 1. The fourth-order valence-corrected chi connectivity index (χ4v) is 9.98. The zero-order valence-electron chi connectivity index (χ0n) is 43.9. The van der Waals surface area contributed by atoms with Gasteiger partial charge < -0.3 is 46.2 Å². The van der Waals surface area contributed by atoms with Gasteiger partial charge in [-0.2, -0.15) is 31.9 Å². The van der Waals surface area contributed by atoms with Crippen molar-refractivity contribution in [2.45, 2.75) is 146 Å². The number of nitrogens with zero attached hydrogens (tertiary/aromatic N) is 1. The van der Waals surface area contributed by atoms with E-state index >= 15 is 0 Å². The number of unbranched alkanes of at least 4 members (excludes halogenated alkanes) is 9. The van der Waals surface area contributed by atoms with Crippen molar-refractivity contribution in [1.29, 1.82) is 0 Å². The van der Waals surface area contributed by atoms with Gasteiger partial charge in [-0.15, -0.1) is 0 Å². The Balaban J connectivity index is 1.46. The lowest BCUT2D eigenvalue weighted by molar-refractivity contribution is -0.147. The maximum atomic E-state index is 14.3. The Hall–Kier alpha value is -6.18. The van der Waals surface area contributed by atoms with E-state index in [1.54, 1.807) is 24.8 Å². The lowest BCUT2D eigenvalue weighted by Gasteiger charge is -2.28. The van der Waals surface area contributed by atoms with Gasteiger partial charge in [0.05, 0.1) is 13.0 Å². The number of amides is 8. The first-order valence-electron chi connectivity index (χ1n) is 25.9. The predicted molar refractivity (Wildman–Crippen MR) is 293 cm³/mol. The van der Waals surface area contributed by atoms with E-state index in [0.29, 0.717) is 35.6 Å². The highest BCUT2D eigenvalue weighted by Crippen LogP contribution is 2.23. The number of aromatic nitrogens is 1. The molecule has 1 aliphatic rings. The number of hydrogen-bond acceptors (Lipinski definition) is 14. The molecule has 0 bridgehead atoms. The number of thioether (sulfide) groups is 2. The Morgan fingerprint density at radius 3 is 1.82 bits per heavy atom. The van der Waals surface area contributed by atoms with Crippen LogP contribution in [0.25, 0.3) is 10.9 Å². The van der Waals surface area contributed by atoms with Crippen LogP contribution >= 0.6 is 23.5 Å². The fourth-order valence-electron chi connectivity index (χ4n) is 8.69. The second kappa shape index (κ2) is 33.2. The van der Waals surface area contributed by atoms with Crippen LogP contribution in [0.1, 0.15) is 114 Å². The first-order chi connectivity index (χ1) is 36.8. The highest BCUT2D eigenvalue weighted by atomic mass is 32.3. The topological polar surface area (TPSA) is 329 Å². The molecule has 1 aromatic heterocycles. The van der Waals surface area contributed by atoms with Gasteiger partial charge in [0.2, 0.25) is 47.3 Å². The number of fused-ring (bicyclic) bond motifs is 1. The molecule has 9 N–H and O–H groups in total. The summed E-state index contributed by atoms with van der Waals surface area (Å²) in [6.45, 7) is 1.79. The van der Waals surface area contributed by atoms with Crippen molar-refractivity contribution in [1.82, 2.24) is 41.8 Å². The molecular formula is C52H74N8O14S3. The molecule has 25 heteroatoms. The fraction of sp³-hybridized carbons (Fsp3) is 0.558. The highest BCUT2D eigenvalue weighted by Gasteiger charge is 2.40. The lowest BCUT2D eigenvalue weighted by Crippen LogP contribution is -2.58. The van der Waals surface area contributed by atoms with Gasteiger partial charge in [-0.05, 0) is 72.6 Å². The number of rotatable bonds is 37. The number of aliphatic carboxylic acids is 1. The van der Waals surface area contributed by atoms with Gasteiger partial charge in [-0.25, -0.2) is 0 Å². The quantitative estimate of drug-likeness (QED) is 0.0226. The third-order valence-electron chi connectivity index (χ3n) is 12.8. The summed E-state index contributed by atoms with van der Waals surface area (Å²) in [5.74, 6) is -6.85. The molecule has 1 aliphatic heterocycles. The largest absolute Gasteiger partial charge is 0.481 e. The van der Waals surface area contributed by atoms with Gasteiger partial charge in [0.1, 0.15) is 36.0 Å². The van der Waals surface area contributed by atoms with E-state index in [-0.39, 0.29) is 44.3 Å². The second-order valence-electron chi connectivity index (χ2n) is 18.8. The van der Waals surface area contributed by atoms with Gasteiger partial charge >= 0.3 is 16.4 Å². The molecule has 8 amide bonds. The average Bonchev–Trinajstić information content (AvgIpc) is 3.97. The number of carbonyl (C=O) groups excluding carboxylic acids is 8. The van der Waals surface area contributed by atoms with Crippen LogP contribution < -0.4 is 36.1 Å². The molecule has 0 spiro atoms. The standard InChI is InChI=1S/C52H74N8O14S3/c1-4-5-6-7-8-9-10-11-12-15-26-53-49(67)42(31-47(64)65)59-50(68)40(25-28-76-3)57-51(69)41(30-35-32-54-38-17-14-13-16-37(35)38)56-44(61)33-55-48(66)39(24-27-75-2)58-52(70)43(60-45(62)22-23-46(60)63)29-34-18-20-36(21-19-34)74-77(71,72)73/h13-14,16-21,32,39-43,54H,4-12,15,22-31,33H2,1-3H3,(H,53,67)(H,55,66)(H,56,61)(H,57,69)(H,58,70)(H,59,68)(H,64,65)(H,71,72,73)/t39-,40-,41-,42-,43-/m0/s1. The zero-order chi connectivity index (χ0) is 56.3. The van der Waals surface area contributed by atoms with Crippen LogP contribution in [-0.2, 0) is 66.4 Å². The van der Waals surface area contributed by atoms with Crippen LogP contribution in [0.2, 0.25) is 0 Å². The molecule has 5 atom stereocenters. The molecule has 424 valence electrons. The molecule has 0 radical (unpaired) electrons. The van der Waals surface area contributed by atoms with E-state index in [1.807, 2.05) is 18.2 Å². The minimum atomic E-state index is -4.83. The Bertz CT molecular complexity index is 2570. The molecule has 3 aromatic rings. The van der Waals surface area contributed by atoms with Gasteiger partial charge in [0, 0.05) is 49.3 Å². The highest BCUT2D eigenvalue weighted by molar-refractivity contribution is 7.98. The van der Waals surface area contributed by atoms with Crippen molar-refractivity contribution in [2.24, 2.45) is 0 Å². The number of carboxylic acid groups (broad SMARTS) is 1. The van der Waals surface area contributed by atoms with E-state index in [4.69, 9.17) is 4.55 Å². The summed E-state index contributed by atoms with van der Waals surface area (Å²) in [6, 6.07) is 5.60. The molecule has 4 rings (SSSR count). The number of benzene rings is 2. The number of aromatic amines is 1. The van der Waals surface area contributed by atoms with Crippen LogP contribution in [-0.4, -0.2) is 149 Å². The van der Waals surface area contributed by atoms with Crippen molar-refractivity contribution in [3.05, 3.63) is 65.9 Å². The molecule has 0 saturated carbocycles. The zero-order valence-corrected chi connectivity index (χ0v) is 46.3. The first kappa shape index (κ1) is 63.4. The minimum absolute atomic E-state index is 0.0517. The average molecular weight is 1130 g/mol. The maximum absolute atomic E-state index is 14.3. The normalized spacial score (nSPS) is 14.5. The molecule has 0 aliphatic carbocycles. The van der Waals surface area contributed by atoms with E-state index in [0.717, 1.165) is 41.5 Å². The monoisotopic (exact) mass is 1130 g/mol. The summed E-state index contributed by atoms with van der Waals surface area (Å²) in [4.78, 5) is 125. The number of nitrogens with one attached hydrogen (secondary N) is 7. The van der Waals surface area contributed by atoms with Crippen molar-refractivity contribution in [2.75, 3.05) is 37.1 Å². The number of carbonyl (C=O) groups is 9. The van der Waals surface area contributed by atoms with Crippen LogP contribution in [0, 0.1) is 0 Å². The summed E-state index contributed by atoms with van der Waals surface area (Å²) >= 11 is 2.74. The SMILES string of the molecule is CCCCCCCCCCCCNC(=O)[C@H](CC(=O)O)NC(=O)[C@H](CCSC)NC(=O)[C@H](Cc1c[nH]c2ccccc12)NC(=O)CNC(=O)[C@H](CCSC)NC(=O)[C@H](Cc1ccc(OS(=O)(=O)O)cc1)N1C(=O)CCC1=O. The third-order valence-corrected chi connectivity index (χ3v) is 14.5. The summed E-state index contributed by atoms with van der Waals surface area (Å²) in [5.41, 5.74) is 1.74. The number of hydrogen-bond donors (Lipinski definition) is 9. The maximum Gasteiger partial charge on any atom is 0.446 e. The smallest absolute Gasteiger partial charge is 0.446 e. The Morgan fingerprint density at radius 2 is 1.22 bits per heavy atom. The van der Waals surface area contributed by atoms with E-state index in [1.165, 1.54) is 79.9 Å². The van der Waals surface area contributed by atoms with Gasteiger partial charge in [-0.1, -0.05) is 95.0 Å². The Labute approximate surface area is 458 Å². The summed E-state index contributed by atoms with van der Waals surface area (Å²) in [5, 5.41) is 26.2. The first-order valence-corrected chi connectivity index (χ1v) is 30.1. The van der Waals surface area contributed by atoms with Crippen molar-refractivity contribution < 1.29 is 65.4 Å². The van der Waals surface area contributed by atoms with Gasteiger partial charge in [-0.3, -0.25) is 52.6 Å². The second-order valence-corrected chi connectivity index (χ2v) is 21.7. The van der Waals surface area contributed by atoms with Gasteiger partial charge in [0.15, 0.2) is 0 Å².